The quantitative estimate of drug-likeness (QED) is 0.741. The first kappa shape index (κ1) is 10.0. The minimum atomic E-state index is -0.277. The van der Waals surface area contributed by atoms with Crippen LogP contribution in [-0.4, -0.2) is 29.0 Å². The third kappa shape index (κ3) is 1.58. The summed E-state index contributed by atoms with van der Waals surface area (Å²) in [4.78, 5) is 13.1. The summed E-state index contributed by atoms with van der Waals surface area (Å²) < 4.78 is 6.65. The molecule has 0 unspecified atom stereocenters. The number of nitrogens with zero attached hydrogens (tertiary/aromatic N) is 3. The average molecular weight is 209 g/mol. The lowest BCUT2D eigenvalue weighted by Gasteiger charge is -2.16. The number of ether oxygens (including phenoxy) is 1. The SMILES string of the molecule is CC(C)c1cnn(C)c1N1CCOC1=O. The highest BCUT2D eigenvalue weighted by atomic mass is 16.6. The van der Waals surface area contributed by atoms with E-state index < -0.39 is 0 Å². The summed E-state index contributed by atoms with van der Waals surface area (Å²) in [7, 11) is 1.84. The molecule has 0 bridgehead atoms. The van der Waals surface area contributed by atoms with Crippen LogP contribution >= 0.6 is 0 Å². The summed E-state index contributed by atoms with van der Waals surface area (Å²) in [5.41, 5.74) is 1.08. The zero-order valence-corrected chi connectivity index (χ0v) is 9.23. The number of carbonyl (C=O) groups is 1. The van der Waals surface area contributed by atoms with Crippen LogP contribution in [0.5, 0.6) is 0 Å². The van der Waals surface area contributed by atoms with Gasteiger partial charge >= 0.3 is 6.09 Å². The standard InChI is InChI=1S/C10H15N3O2/c1-7(2)8-6-11-12(3)9(8)13-4-5-15-10(13)14/h6-7H,4-5H2,1-3H3. The van der Waals surface area contributed by atoms with Crippen molar-refractivity contribution in [1.82, 2.24) is 9.78 Å². The van der Waals surface area contributed by atoms with Gasteiger partial charge in [-0.1, -0.05) is 13.8 Å². The van der Waals surface area contributed by atoms with Crippen molar-refractivity contribution in [3.63, 3.8) is 0 Å². The van der Waals surface area contributed by atoms with Crippen molar-refractivity contribution in [2.45, 2.75) is 19.8 Å². The van der Waals surface area contributed by atoms with Gasteiger partial charge in [0.1, 0.15) is 12.4 Å². The molecular weight excluding hydrogens is 194 g/mol. The van der Waals surface area contributed by atoms with Crippen molar-refractivity contribution >= 4 is 11.9 Å². The van der Waals surface area contributed by atoms with E-state index in [-0.39, 0.29) is 6.09 Å². The molecule has 0 radical (unpaired) electrons. The number of amides is 1. The van der Waals surface area contributed by atoms with Crippen LogP contribution in [0.3, 0.4) is 0 Å². The molecule has 1 amide bonds. The van der Waals surface area contributed by atoms with E-state index >= 15 is 0 Å². The lowest BCUT2D eigenvalue weighted by molar-refractivity contribution is 0.181. The second kappa shape index (κ2) is 3.56. The molecule has 0 spiro atoms. The molecule has 5 nitrogen and oxygen atoms in total. The van der Waals surface area contributed by atoms with Crippen molar-refractivity contribution < 1.29 is 9.53 Å². The lowest BCUT2D eigenvalue weighted by Crippen LogP contribution is -2.26. The molecule has 82 valence electrons. The van der Waals surface area contributed by atoms with Crippen molar-refractivity contribution in [3.05, 3.63) is 11.8 Å². The van der Waals surface area contributed by atoms with Crippen LogP contribution in [0, 0.1) is 0 Å². The second-order valence-corrected chi connectivity index (χ2v) is 3.97. The maximum atomic E-state index is 11.5. The van der Waals surface area contributed by atoms with Gasteiger partial charge in [0, 0.05) is 12.6 Å². The number of aryl methyl sites for hydroxylation is 1. The fourth-order valence-corrected chi connectivity index (χ4v) is 1.77. The topological polar surface area (TPSA) is 47.4 Å². The van der Waals surface area contributed by atoms with E-state index in [4.69, 9.17) is 4.74 Å². The van der Waals surface area contributed by atoms with Crippen molar-refractivity contribution in [3.8, 4) is 0 Å². The zero-order valence-electron chi connectivity index (χ0n) is 9.23. The molecule has 0 saturated carbocycles. The van der Waals surface area contributed by atoms with E-state index in [1.165, 1.54) is 0 Å². The Bertz CT molecular complexity index is 384. The predicted molar refractivity (Wildman–Crippen MR) is 56.0 cm³/mol. The van der Waals surface area contributed by atoms with E-state index in [0.717, 1.165) is 11.4 Å². The van der Waals surface area contributed by atoms with E-state index in [0.29, 0.717) is 19.1 Å². The van der Waals surface area contributed by atoms with Crippen molar-refractivity contribution in [1.29, 1.82) is 0 Å². The number of hydrogen-bond donors (Lipinski definition) is 0. The molecule has 1 saturated heterocycles. The normalized spacial score (nSPS) is 16.3. The Hall–Kier alpha value is -1.52. The van der Waals surface area contributed by atoms with Crippen LogP contribution in [-0.2, 0) is 11.8 Å². The first-order valence-corrected chi connectivity index (χ1v) is 5.07. The number of cyclic esters (lactones) is 1. The van der Waals surface area contributed by atoms with Crippen molar-refractivity contribution in [2.24, 2.45) is 7.05 Å². The Morgan fingerprint density at radius 3 is 2.80 bits per heavy atom. The lowest BCUT2D eigenvalue weighted by atomic mass is 10.1. The third-order valence-electron chi connectivity index (χ3n) is 2.57. The first-order chi connectivity index (χ1) is 7.11. The van der Waals surface area contributed by atoms with Gasteiger partial charge in [-0.2, -0.15) is 5.10 Å². The summed E-state index contributed by atoms with van der Waals surface area (Å²) in [5.74, 6) is 1.20. The maximum absolute atomic E-state index is 11.5. The van der Waals surface area contributed by atoms with Crippen LogP contribution in [0.2, 0.25) is 0 Å². The molecule has 0 atom stereocenters. The van der Waals surface area contributed by atoms with Crippen LogP contribution < -0.4 is 4.90 Å². The molecule has 0 aromatic carbocycles. The van der Waals surface area contributed by atoms with E-state index in [2.05, 4.69) is 18.9 Å². The number of hydrogen-bond acceptors (Lipinski definition) is 3. The van der Waals surface area contributed by atoms with Crippen LogP contribution in [0.25, 0.3) is 0 Å². The summed E-state index contributed by atoms with van der Waals surface area (Å²) >= 11 is 0. The first-order valence-electron chi connectivity index (χ1n) is 5.07. The van der Waals surface area contributed by atoms with E-state index in [1.807, 2.05) is 13.2 Å². The Morgan fingerprint density at radius 2 is 2.27 bits per heavy atom. The van der Waals surface area contributed by atoms with Crippen LogP contribution in [0.4, 0.5) is 10.6 Å². The number of anilines is 1. The fourth-order valence-electron chi connectivity index (χ4n) is 1.77. The fraction of sp³-hybridized carbons (Fsp3) is 0.600. The van der Waals surface area contributed by atoms with E-state index in [1.54, 1.807) is 9.58 Å². The highest BCUT2D eigenvalue weighted by molar-refractivity contribution is 5.89. The minimum Gasteiger partial charge on any atom is -0.447 e. The van der Waals surface area contributed by atoms with E-state index in [9.17, 15) is 4.79 Å². The van der Waals surface area contributed by atoms with Crippen molar-refractivity contribution in [2.75, 3.05) is 18.1 Å². The Labute approximate surface area is 88.6 Å². The van der Waals surface area contributed by atoms with Crippen LogP contribution in [0.15, 0.2) is 6.20 Å². The number of carbonyl (C=O) groups excluding carboxylic acids is 1. The molecule has 1 aromatic rings. The van der Waals surface area contributed by atoms with Gasteiger partial charge < -0.3 is 4.74 Å². The van der Waals surface area contributed by atoms with Gasteiger partial charge in [0.05, 0.1) is 12.7 Å². The minimum absolute atomic E-state index is 0.277. The van der Waals surface area contributed by atoms with Gasteiger partial charge in [0.15, 0.2) is 0 Å². The molecule has 1 aliphatic heterocycles. The number of aromatic nitrogens is 2. The van der Waals surface area contributed by atoms with Crippen LogP contribution in [0.1, 0.15) is 25.3 Å². The van der Waals surface area contributed by atoms with Gasteiger partial charge in [0.2, 0.25) is 0 Å². The van der Waals surface area contributed by atoms with Gasteiger partial charge in [-0.05, 0) is 5.92 Å². The second-order valence-electron chi connectivity index (χ2n) is 3.97. The molecule has 0 aliphatic carbocycles. The average Bonchev–Trinajstić information content (AvgIpc) is 2.71. The largest absolute Gasteiger partial charge is 0.447 e. The summed E-state index contributed by atoms with van der Waals surface area (Å²) in [6.45, 7) is 5.24. The molecule has 15 heavy (non-hydrogen) atoms. The summed E-state index contributed by atoms with van der Waals surface area (Å²) in [6, 6.07) is 0. The molecule has 5 heteroatoms. The molecule has 0 N–H and O–H groups in total. The number of rotatable bonds is 2. The highest BCUT2D eigenvalue weighted by Crippen LogP contribution is 2.28. The van der Waals surface area contributed by atoms with Gasteiger partial charge in [-0.25, -0.2) is 4.79 Å². The molecule has 1 fully saturated rings. The molecule has 2 rings (SSSR count). The van der Waals surface area contributed by atoms with Gasteiger partial charge in [-0.3, -0.25) is 9.58 Å². The van der Waals surface area contributed by atoms with Gasteiger partial charge in [0.25, 0.3) is 0 Å². The highest BCUT2D eigenvalue weighted by Gasteiger charge is 2.29. The Morgan fingerprint density at radius 1 is 1.53 bits per heavy atom. The van der Waals surface area contributed by atoms with Gasteiger partial charge in [-0.15, -0.1) is 0 Å². The summed E-state index contributed by atoms with van der Waals surface area (Å²) in [5, 5.41) is 4.18. The maximum Gasteiger partial charge on any atom is 0.415 e. The molecule has 2 heterocycles. The summed E-state index contributed by atoms with van der Waals surface area (Å²) in [6.07, 6.45) is 1.53. The predicted octanol–water partition coefficient (Wildman–Crippen LogP) is 1.50. The molecule has 1 aliphatic rings. The Kier molecular flexibility index (Phi) is 2.38. The molecular formula is C10H15N3O2. The monoisotopic (exact) mass is 209 g/mol. The third-order valence-corrected chi connectivity index (χ3v) is 2.57. The smallest absolute Gasteiger partial charge is 0.415 e. The zero-order chi connectivity index (χ0) is 11.0. The Balaban J connectivity index is 2.41. The molecule has 1 aromatic heterocycles.